The zero-order valence-electron chi connectivity index (χ0n) is 19.9. The second-order valence-electron chi connectivity index (χ2n) is 8.95. The summed E-state index contributed by atoms with van der Waals surface area (Å²) in [4.78, 5) is 37.9. The highest BCUT2D eigenvalue weighted by atomic mass is 16.2. The molecule has 0 unspecified atom stereocenters. The van der Waals surface area contributed by atoms with Gasteiger partial charge in [0.2, 0.25) is 5.91 Å². The van der Waals surface area contributed by atoms with Crippen molar-refractivity contribution in [1.29, 1.82) is 0 Å². The van der Waals surface area contributed by atoms with Gasteiger partial charge in [0.1, 0.15) is 18.0 Å². The van der Waals surface area contributed by atoms with E-state index in [1.165, 1.54) is 11.9 Å². The first-order chi connectivity index (χ1) is 16.5. The summed E-state index contributed by atoms with van der Waals surface area (Å²) < 4.78 is 0. The van der Waals surface area contributed by atoms with Crippen LogP contribution < -0.4 is 20.9 Å². The van der Waals surface area contributed by atoms with Crippen molar-refractivity contribution in [2.24, 2.45) is 0 Å². The lowest BCUT2D eigenvalue weighted by molar-refractivity contribution is -0.121. The van der Waals surface area contributed by atoms with Gasteiger partial charge in [0.15, 0.2) is 0 Å². The number of nitrogens with zero attached hydrogens (tertiary/aromatic N) is 4. The van der Waals surface area contributed by atoms with Crippen LogP contribution in [0.5, 0.6) is 0 Å². The molecule has 0 saturated carbocycles. The summed E-state index contributed by atoms with van der Waals surface area (Å²) in [7, 11) is 4.03. The molecule has 180 valence electrons. The monoisotopic (exact) mass is 463 g/mol. The molecule has 2 aromatic rings. The van der Waals surface area contributed by atoms with E-state index in [0.717, 1.165) is 44.5 Å². The lowest BCUT2D eigenvalue weighted by Gasteiger charge is -2.20. The van der Waals surface area contributed by atoms with Crippen molar-refractivity contribution >= 4 is 34.7 Å². The van der Waals surface area contributed by atoms with E-state index in [9.17, 15) is 9.59 Å². The SMILES string of the molecule is CN1CCCCCCC(=O)NCCN(C)c2ncnc3c2/C(=C/Nc2cccc(c2)C1)C(=O)N3. The van der Waals surface area contributed by atoms with E-state index in [1.54, 1.807) is 6.20 Å². The van der Waals surface area contributed by atoms with Crippen LogP contribution in [-0.2, 0) is 16.1 Å². The fourth-order valence-electron chi connectivity index (χ4n) is 4.32. The van der Waals surface area contributed by atoms with Gasteiger partial charge in [-0.15, -0.1) is 0 Å². The zero-order valence-corrected chi connectivity index (χ0v) is 19.9. The van der Waals surface area contributed by atoms with Gasteiger partial charge in [0.25, 0.3) is 5.91 Å². The Balaban J connectivity index is 1.60. The first-order valence-electron chi connectivity index (χ1n) is 11.9. The number of fused-ring (bicyclic) bond motifs is 2. The Labute approximate surface area is 200 Å². The van der Waals surface area contributed by atoms with Gasteiger partial charge in [0.05, 0.1) is 11.1 Å². The van der Waals surface area contributed by atoms with Gasteiger partial charge in [-0.25, -0.2) is 9.97 Å². The number of carbonyl (C=O) groups is 2. The van der Waals surface area contributed by atoms with Crippen molar-refractivity contribution < 1.29 is 9.59 Å². The number of anilines is 3. The Hall–Kier alpha value is -3.46. The Morgan fingerprint density at radius 3 is 2.74 bits per heavy atom. The molecule has 0 atom stereocenters. The number of hydrogen-bond acceptors (Lipinski definition) is 7. The van der Waals surface area contributed by atoms with Crippen LogP contribution in [0.4, 0.5) is 17.3 Å². The highest BCUT2D eigenvalue weighted by Crippen LogP contribution is 2.35. The van der Waals surface area contributed by atoms with Crippen LogP contribution in [0, 0.1) is 0 Å². The van der Waals surface area contributed by atoms with Gasteiger partial charge in [-0.05, 0) is 44.1 Å². The summed E-state index contributed by atoms with van der Waals surface area (Å²) in [5, 5.41) is 9.10. The second-order valence-corrected chi connectivity index (χ2v) is 8.95. The molecule has 2 aliphatic heterocycles. The molecule has 1 aromatic carbocycles. The van der Waals surface area contributed by atoms with Crippen LogP contribution in [0.25, 0.3) is 5.57 Å². The standard InChI is InChI=1S/C25H33N7O2/c1-31-12-6-4-3-5-10-21(33)26-11-13-32(2)24-22-20(25(34)30-23(22)28-17-29-24)15-27-19-9-7-8-18(14-19)16-31/h7-9,14-15,17,27H,3-6,10-13,16H2,1-2H3,(H,26,33)(H,28,29,30,34)/b20-15-. The van der Waals surface area contributed by atoms with E-state index < -0.39 is 0 Å². The van der Waals surface area contributed by atoms with Crippen molar-refractivity contribution in [1.82, 2.24) is 20.2 Å². The fraction of sp³-hybridized carbons (Fsp3) is 0.440. The third-order valence-electron chi connectivity index (χ3n) is 6.16. The zero-order chi connectivity index (χ0) is 23.9. The Bertz CT molecular complexity index is 1070. The quantitative estimate of drug-likeness (QED) is 0.552. The van der Waals surface area contributed by atoms with E-state index in [0.29, 0.717) is 42.3 Å². The van der Waals surface area contributed by atoms with Gasteiger partial charge in [-0.1, -0.05) is 25.0 Å². The lowest BCUT2D eigenvalue weighted by atomic mass is 10.1. The van der Waals surface area contributed by atoms with Crippen LogP contribution in [-0.4, -0.2) is 60.4 Å². The minimum absolute atomic E-state index is 0.0743. The minimum atomic E-state index is -0.222. The normalized spacial score (nSPS) is 20.2. The molecule has 9 heteroatoms. The number of carbonyl (C=O) groups excluding carboxylic acids is 2. The number of amides is 2. The van der Waals surface area contributed by atoms with Crippen molar-refractivity contribution in [3.8, 4) is 0 Å². The van der Waals surface area contributed by atoms with Crippen molar-refractivity contribution in [2.45, 2.75) is 38.6 Å². The summed E-state index contributed by atoms with van der Waals surface area (Å²) in [6.07, 6.45) is 7.91. The van der Waals surface area contributed by atoms with Crippen LogP contribution in [0.1, 0.15) is 43.2 Å². The summed E-state index contributed by atoms with van der Waals surface area (Å²) in [5.41, 5.74) is 3.26. The number of aromatic nitrogens is 2. The van der Waals surface area contributed by atoms with Gasteiger partial charge >= 0.3 is 0 Å². The first-order valence-corrected chi connectivity index (χ1v) is 11.9. The molecule has 9 nitrogen and oxygen atoms in total. The van der Waals surface area contributed by atoms with E-state index >= 15 is 0 Å². The van der Waals surface area contributed by atoms with E-state index in [4.69, 9.17) is 0 Å². The molecule has 0 fully saturated rings. The van der Waals surface area contributed by atoms with Crippen LogP contribution >= 0.6 is 0 Å². The molecule has 0 saturated heterocycles. The number of nitrogens with one attached hydrogen (secondary N) is 3. The molecular formula is C25H33N7O2. The molecule has 2 amide bonds. The van der Waals surface area contributed by atoms with Gasteiger partial charge < -0.3 is 25.8 Å². The number of rotatable bonds is 0. The van der Waals surface area contributed by atoms with Gasteiger partial charge in [0, 0.05) is 45.0 Å². The molecule has 3 heterocycles. The average molecular weight is 464 g/mol. The average Bonchev–Trinajstić information content (AvgIpc) is 3.14. The Kier molecular flexibility index (Phi) is 7.74. The first kappa shape index (κ1) is 23.7. The number of benzene rings is 1. The molecule has 34 heavy (non-hydrogen) atoms. The van der Waals surface area contributed by atoms with E-state index in [2.05, 4.69) is 50.0 Å². The Morgan fingerprint density at radius 2 is 1.85 bits per heavy atom. The molecule has 0 spiro atoms. The minimum Gasteiger partial charge on any atom is -0.361 e. The molecule has 4 rings (SSSR count). The highest BCUT2D eigenvalue weighted by Gasteiger charge is 2.30. The van der Waals surface area contributed by atoms with Crippen LogP contribution in [0.15, 0.2) is 36.8 Å². The molecule has 0 radical (unpaired) electrons. The number of hydrogen-bond donors (Lipinski definition) is 3. The highest BCUT2D eigenvalue weighted by molar-refractivity contribution is 6.32. The second kappa shape index (κ2) is 11.1. The maximum atomic E-state index is 12.7. The predicted molar refractivity (Wildman–Crippen MR) is 134 cm³/mol. The third kappa shape index (κ3) is 5.91. The molecular weight excluding hydrogens is 430 g/mol. The molecule has 1 aromatic heterocycles. The lowest BCUT2D eigenvalue weighted by Crippen LogP contribution is -2.33. The van der Waals surface area contributed by atoms with Crippen LogP contribution in [0.3, 0.4) is 0 Å². The summed E-state index contributed by atoms with van der Waals surface area (Å²) >= 11 is 0. The smallest absolute Gasteiger partial charge is 0.259 e. The summed E-state index contributed by atoms with van der Waals surface area (Å²) in [6.45, 7) is 2.93. The molecule has 0 aliphatic carbocycles. The predicted octanol–water partition coefficient (Wildman–Crippen LogP) is 2.83. The summed E-state index contributed by atoms with van der Waals surface area (Å²) in [5.74, 6) is 0.991. The van der Waals surface area contributed by atoms with Crippen LogP contribution in [0.2, 0.25) is 0 Å². The van der Waals surface area contributed by atoms with Crippen molar-refractivity contribution in [3.63, 3.8) is 0 Å². The largest absolute Gasteiger partial charge is 0.361 e. The van der Waals surface area contributed by atoms with Crippen molar-refractivity contribution in [3.05, 3.63) is 47.9 Å². The topological polar surface area (TPSA) is 102 Å². The maximum absolute atomic E-state index is 12.7. The third-order valence-corrected chi connectivity index (χ3v) is 6.16. The maximum Gasteiger partial charge on any atom is 0.259 e. The molecule has 2 aliphatic rings. The summed E-state index contributed by atoms with van der Waals surface area (Å²) in [6, 6.07) is 8.23. The number of likely N-dealkylation sites (N-methyl/N-ethyl adjacent to an activating group) is 1. The van der Waals surface area contributed by atoms with E-state index in [-0.39, 0.29) is 11.8 Å². The fourth-order valence-corrected chi connectivity index (χ4v) is 4.32. The van der Waals surface area contributed by atoms with Gasteiger partial charge in [-0.3, -0.25) is 9.59 Å². The van der Waals surface area contributed by atoms with Gasteiger partial charge in [-0.2, -0.15) is 0 Å². The molecule has 2 bridgehead atoms. The van der Waals surface area contributed by atoms with E-state index in [1.807, 2.05) is 24.1 Å². The molecule has 3 N–H and O–H groups in total. The van der Waals surface area contributed by atoms with Crippen molar-refractivity contribution in [2.75, 3.05) is 49.3 Å². The Morgan fingerprint density at radius 1 is 1.00 bits per heavy atom.